The summed E-state index contributed by atoms with van der Waals surface area (Å²) in [5.41, 5.74) is -1.81. The van der Waals surface area contributed by atoms with Gasteiger partial charge in [-0.05, 0) is 19.9 Å². The highest BCUT2D eigenvalue weighted by Crippen LogP contribution is 2.31. The fourth-order valence-corrected chi connectivity index (χ4v) is 2.49. The highest BCUT2D eigenvalue weighted by molar-refractivity contribution is 5.95. The first-order valence-electron chi connectivity index (χ1n) is 7.34. The van der Waals surface area contributed by atoms with Crippen LogP contribution in [0, 0.1) is 0 Å². The van der Waals surface area contributed by atoms with Crippen LogP contribution in [0.3, 0.4) is 0 Å². The van der Waals surface area contributed by atoms with E-state index in [0.29, 0.717) is 13.2 Å². The van der Waals surface area contributed by atoms with E-state index in [4.69, 9.17) is 4.74 Å². The summed E-state index contributed by atoms with van der Waals surface area (Å²) in [4.78, 5) is 17.9. The molecule has 2 rings (SSSR count). The molecule has 1 aromatic rings. The number of pyridine rings is 1. The van der Waals surface area contributed by atoms with Crippen molar-refractivity contribution >= 4 is 5.91 Å². The van der Waals surface area contributed by atoms with Crippen molar-refractivity contribution in [2.45, 2.75) is 25.6 Å². The Morgan fingerprint density at radius 2 is 2.00 bits per heavy atom. The molecule has 0 saturated carbocycles. The molecule has 8 heteroatoms. The first-order chi connectivity index (χ1) is 10.7. The number of morpholine rings is 1. The van der Waals surface area contributed by atoms with E-state index >= 15 is 0 Å². The molecule has 0 spiro atoms. The Hall–Kier alpha value is -1.67. The molecule has 128 valence electrons. The van der Waals surface area contributed by atoms with Crippen molar-refractivity contribution in [3.63, 3.8) is 0 Å². The summed E-state index contributed by atoms with van der Waals surface area (Å²) in [6.07, 6.45) is -2.62. The molecular weight excluding hydrogens is 311 g/mol. The van der Waals surface area contributed by atoms with Crippen LogP contribution >= 0.6 is 0 Å². The number of ether oxygens (including phenoxy) is 1. The minimum Gasteiger partial charge on any atom is -0.379 e. The standard InChI is InChI=1S/C15H20F3N3O2/c1-14(2,21-5-7-23-8-6-21)10-20-13(22)11-9-19-4-3-12(11)15(16,17)18/h3-4,9H,5-8,10H2,1-2H3,(H,20,22). The Morgan fingerprint density at radius 3 is 2.61 bits per heavy atom. The van der Waals surface area contributed by atoms with Gasteiger partial charge < -0.3 is 10.1 Å². The number of aromatic nitrogens is 1. The molecule has 1 N–H and O–H groups in total. The van der Waals surface area contributed by atoms with Crippen LogP contribution in [0.5, 0.6) is 0 Å². The lowest BCUT2D eigenvalue weighted by Gasteiger charge is -2.40. The van der Waals surface area contributed by atoms with Crippen molar-refractivity contribution in [2.75, 3.05) is 32.8 Å². The third-order valence-electron chi connectivity index (χ3n) is 3.92. The van der Waals surface area contributed by atoms with E-state index in [0.717, 1.165) is 31.5 Å². The largest absolute Gasteiger partial charge is 0.417 e. The van der Waals surface area contributed by atoms with Gasteiger partial charge in [-0.2, -0.15) is 13.2 Å². The molecule has 1 aliphatic heterocycles. The molecule has 0 atom stereocenters. The third kappa shape index (κ3) is 4.42. The van der Waals surface area contributed by atoms with Crippen LogP contribution in [0.15, 0.2) is 18.5 Å². The molecule has 1 aromatic heterocycles. The Bertz CT molecular complexity index is 555. The average molecular weight is 331 g/mol. The minimum absolute atomic E-state index is 0.234. The molecule has 23 heavy (non-hydrogen) atoms. The first-order valence-corrected chi connectivity index (χ1v) is 7.34. The Kier molecular flexibility index (Phi) is 5.26. The second kappa shape index (κ2) is 6.84. The topological polar surface area (TPSA) is 54.5 Å². The molecule has 2 heterocycles. The number of hydrogen-bond donors (Lipinski definition) is 1. The molecule has 1 aliphatic rings. The number of amides is 1. The fraction of sp³-hybridized carbons (Fsp3) is 0.600. The number of halogens is 3. The molecule has 0 aromatic carbocycles. The summed E-state index contributed by atoms with van der Waals surface area (Å²) in [5.74, 6) is -0.772. The first kappa shape index (κ1) is 17.7. The zero-order valence-corrected chi connectivity index (χ0v) is 13.1. The van der Waals surface area contributed by atoms with Gasteiger partial charge in [0.2, 0.25) is 0 Å². The predicted molar refractivity (Wildman–Crippen MR) is 78.0 cm³/mol. The molecule has 1 fully saturated rings. The average Bonchev–Trinajstić information content (AvgIpc) is 2.53. The SMILES string of the molecule is CC(C)(CNC(=O)c1cnccc1C(F)(F)F)N1CCOCC1. The molecule has 0 bridgehead atoms. The maximum absolute atomic E-state index is 12.9. The second-order valence-electron chi connectivity index (χ2n) is 6.01. The monoisotopic (exact) mass is 331 g/mol. The van der Waals surface area contributed by atoms with Gasteiger partial charge in [0, 0.05) is 37.6 Å². The summed E-state index contributed by atoms with van der Waals surface area (Å²) in [7, 11) is 0. The lowest BCUT2D eigenvalue weighted by Crippen LogP contribution is -2.55. The number of carbonyl (C=O) groups excluding carboxylic acids is 1. The third-order valence-corrected chi connectivity index (χ3v) is 3.92. The maximum atomic E-state index is 12.9. The smallest absolute Gasteiger partial charge is 0.379 e. The second-order valence-corrected chi connectivity index (χ2v) is 6.01. The van der Waals surface area contributed by atoms with Crippen molar-refractivity contribution in [3.8, 4) is 0 Å². The number of hydrogen-bond acceptors (Lipinski definition) is 4. The Labute approximate surface area is 132 Å². The zero-order chi connectivity index (χ0) is 17.1. The zero-order valence-electron chi connectivity index (χ0n) is 13.1. The molecule has 0 aliphatic carbocycles. The van der Waals surface area contributed by atoms with E-state index in [1.807, 2.05) is 13.8 Å². The number of carbonyl (C=O) groups is 1. The van der Waals surface area contributed by atoms with Gasteiger partial charge in [0.1, 0.15) is 0 Å². The van der Waals surface area contributed by atoms with Crippen LogP contribution < -0.4 is 5.32 Å². The summed E-state index contributed by atoms with van der Waals surface area (Å²) < 4.78 is 44.1. The quantitative estimate of drug-likeness (QED) is 0.916. The van der Waals surface area contributed by atoms with Crippen molar-refractivity contribution in [1.29, 1.82) is 0 Å². The molecule has 5 nitrogen and oxygen atoms in total. The number of nitrogens with zero attached hydrogens (tertiary/aromatic N) is 2. The molecule has 1 saturated heterocycles. The normalized spacial score (nSPS) is 17.1. The van der Waals surface area contributed by atoms with Gasteiger partial charge in [-0.25, -0.2) is 0 Å². The lowest BCUT2D eigenvalue weighted by atomic mass is 10.0. The number of alkyl halides is 3. The van der Waals surface area contributed by atoms with Crippen LogP contribution in [-0.2, 0) is 10.9 Å². The Balaban J connectivity index is 2.05. The minimum atomic E-state index is -4.59. The van der Waals surface area contributed by atoms with Gasteiger partial charge in [-0.3, -0.25) is 14.7 Å². The summed E-state index contributed by atoms with van der Waals surface area (Å²) in [6.45, 7) is 6.78. The maximum Gasteiger partial charge on any atom is 0.417 e. The lowest BCUT2D eigenvalue weighted by molar-refractivity contribution is -0.138. The van der Waals surface area contributed by atoms with Gasteiger partial charge in [0.05, 0.1) is 24.3 Å². The van der Waals surface area contributed by atoms with Gasteiger partial charge in [0.15, 0.2) is 0 Å². The highest BCUT2D eigenvalue weighted by Gasteiger charge is 2.36. The molecule has 1 amide bonds. The van der Waals surface area contributed by atoms with Gasteiger partial charge in [0.25, 0.3) is 5.91 Å². The van der Waals surface area contributed by atoms with Crippen LogP contribution in [-0.4, -0.2) is 54.2 Å². The number of nitrogens with one attached hydrogen (secondary N) is 1. The van der Waals surface area contributed by atoms with E-state index in [1.165, 1.54) is 0 Å². The highest BCUT2D eigenvalue weighted by atomic mass is 19.4. The Morgan fingerprint density at radius 1 is 1.35 bits per heavy atom. The summed E-state index contributed by atoms with van der Waals surface area (Å²) >= 11 is 0. The van der Waals surface area contributed by atoms with Crippen LogP contribution in [0.25, 0.3) is 0 Å². The van der Waals surface area contributed by atoms with Crippen molar-refractivity contribution in [1.82, 2.24) is 15.2 Å². The molecule has 0 radical (unpaired) electrons. The van der Waals surface area contributed by atoms with E-state index in [2.05, 4.69) is 15.2 Å². The molecular formula is C15H20F3N3O2. The van der Waals surface area contributed by atoms with Crippen LogP contribution in [0.2, 0.25) is 0 Å². The van der Waals surface area contributed by atoms with Crippen molar-refractivity contribution in [3.05, 3.63) is 29.6 Å². The van der Waals surface area contributed by atoms with Gasteiger partial charge >= 0.3 is 6.18 Å². The van der Waals surface area contributed by atoms with Gasteiger partial charge in [-0.15, -0.1) is 0 Å². The van der Waals surface area contributed by atoms with Gasteiger partial charge in [-0.1, -0.05) is 0 Å². The van der Waals surface area contributed by atoms with E-state index in [-0.39, 0.29) is 12.1 Å². The summed E-state index contributed by atoms with van der Waals surface area (Å²) in [6, 6.07) is 0.808. The van der Waals surface area contributed by atoms with E-state index < -0.39 is 23.2 Å². The number of rotatable bonds is 4. The fourth-order valence-electron chi connectivity index (χ4n) is 2.49. The van der Waals surface area contributed by atoms with E-state index in [1.54, 1.807) is 0 Å². The predicted octanol–water partition coefficient (Wildman–Crippen LogP) is 1.94. The van der Waals surface area contributed by atoms with Crippen molar-refractivity contribution in [2.24, 2.45) is 0 Å². The van der Waals surface area contributed by atoms with Crippen molar-refractivity contribution < 1.29 is 22.7 Å². The van der Waals surface area contributed by atoms with Crippen LogP contribution in [0.1, 0.15) is 29.8 Å². The summed E-state index contributed by atoms with van der Waals surface area (Å²) in [5, 5.41) is 2.59. The molecule has 0 unspecified atom stereocenters. The van der Waals surface area contributed by atoms with E-state index in [9.17, 15) is 18.0 Å². The van der Waals surface area contributed by atoms with Crippen LogP contribution in [0.4, 0.5) is 13.2 Å².